The molecule has 0 fully saturated rings. The molecule has 3 nitrogen and oxygen atoms in total. The maximum atomic E-state index is 12.4. The van der Waals surface area contributed by atoms with Crippen LogP contribution in [0.3, 0.4) is 0 Å². The Balaban J connectivity index is 2.53. The predicted molar refractivity (Wildman–Crippen MR) is 72.4 cm³/mol. The second-order valence-corrected chi connectivity index (χ2v) is 5.50. The van der Waals surface area contributed by atoms with E-state index in [-0.39, 0.29) is 11.2 Å². The zero-order valence-corrected chi connectivity index (χ0v) is 11.3. The van der Waals surface area contributed by atoms with Crippen molar-refractivity contribution in [3.63, 3.8) is 0 Å². The van der Waals surface area contributed by atoms with E-state index >= 15 is 0 Å². The number of aryl methyl sites for hydroxylation is 1. The normalized spacial score (nSPS) is 11.6. The van der Waals surface area contributed by atoms with Gasteiger partial charge in [-0.05, 0) is 6.07 Å². The van der Waals surface area contributed by atoms with Crippen molar-refractivity contribution in [2.45, 2.75) is 20.8 Å². The minimum atomic E-state index is -0.384. The van der Waals surface area contributed by atoms with Crippen molar-refractivity contribution in [2.75, 3.05) is 0 Å². The molecule has 0 atom stereocenters. The minimum Gasteiger partial charge on any atom is -0.294 e. The second-order valence-electron chi connectivity index (χ2n) is 5.50. The Morgan fingerprint density at radius 1 is 1.17 bits per heavy atom. The lowest BCUT2D eigenvalue weighted by atomic mass is 9.84. The van der Waals surface area contributed by atoms with E-state index in [0.717, 1.165) is 16.8 Å². The van der Waals surface area contributed by atoms with Crippen LogP contribution in [0.4, 0.5) is 0 Å². The Bertz CT molecular complexity index is 576. The summed E-state index contributed by atoms with van der Waals surface area (Å²) < 4.78 is 1.74. The molecule has 0 aliphatic carbocycles. The van der Waals surface area contributed by atoms with Crippen LogP contribution < -0.4 is 0 Å². The Hall–Kier alpha value is -1.90. The first-order valence-corrected chi connectivity index (χ1v) is 6.03. The standard InChI is InChI=1S/C15H18N2O/c1-15(2,3)14(18)12-8-6-5-7-11(12)13-9-10-17(4)16-13/h5-10H,1-4H3. The summed E-state index contributed by atoms with van der Waals surface area (Å²) in [7, 11) is 1.87. The number of Topliss-reactive ketones (excluding diaryl/α,β-unsaturated/α-hetero) is 1. The van der Waals surface area contributed by atoms with E-state index in [1.165, 1.54) is 0 Å². The summed E-state index contributed by atoms with van der Waals surface area (Å²) in [4.78, 5) is 12.4. The largest absolute Gasteiger partial charge is 0.294 e. The molecule has 0 aliphatic heterocycles. The van der Waals surface area contributed by atoms with Crippen LogP contribution in [0.15, 0.2) is 36.5 Å². The molecule has 1 aromatic heterocycles. The van der Waals surface area contributed by atoms with Crippen LogP contribution in [0.2, 0.25) is 0 Å². The average Bonchev–Trinajstić information content (AvgIpc) is 2.73. The first-order valence-electron chi connectivity index (χ1n) is 6.03. The third-order valence-corrected chi connectivity index (χ3v) is 2.84. The Labute approximate surface area is 107 Å². The molecule has 3 heteroatoms. The van der Waals surface area contributed by atoms with Crippen molar-refractivity contribution in [3.05, 3.63) is 42.1 Å². The zero-order valence-electron chi connectivity index (χ0n) is 11.3. The van der Waals surface area contributed by atoms with E-state index in [2.05, 4.69) is 5.10 Å². The lowest BCUT2D eigenvalue weighted by molar-refractivity contribution is 0.0859. The van der Waals surface area contributed by atoms with Gasteiger partial charge in [0.05, 0.1) is 5.69 Å². The van der Waals surface area contributed by atoms with Gasteiger partial charge in [0.2, 0.25) is 0 Å². The molecule has 2 rings (SSSR count). The van der Waals surface area contributed by atoms with Gasteiger partial charge in [0.25, 0.3) is 0 Å². The number of carbonyl (C=O) groups excluding carboxylic acids is 1. The number of hydrogen-bond acceptors (Lipinski definition) is 2. The smallest absolute Gasteiger partial charge is 0.168 e. The molecule has 0 radical (unpaired) electrons. The molecule has 0 unspecified atom stereocenters. The molecular formula is C15H18N2O. The highest BCUT2D eigenvalue weighted by Gasteiger charge is 2.25. The van der Waals surface area contributed by atoms with Crippen LogP contribution in [0.5, 0.6) is 0 Å². The fraction of sp³-hybridized carbons (Fsp3) is 0.333. The molecule has 1 aromatic carbocycles. The Morgan fingerprint density at radius 3 is 2.39 bits per heavy atom. The first-order chi connectivity index (χ1) is 8.39. The summed E-state index contributed by atoms with van der Waals surface area (Å²) >= 11 is 0. The van der Waals surface area contributed by atoms with Crippen molar-refractivity contribution >= 4 is 5.78 Å². The number of nitrogens with zero attached hydrogens (tertiary/aromatic N) is 2. The molecule has 0 aliphatic rings. The van der Waals surface area contributed by atoms with Crippen LogP contribution in [0.25, 0.3) is 11.3 Å². The van der Waals surface area contributed by atoms with Crippen molar-refractivity contribution in [1.29, 1.82) is 0 Å². The monoisotopic (exact) mass is 242 g/mol. The van der Waals surface area contributed by atoms with E-state index < -0.39 is 0 Å². The molecule has 1 heterocycles. The average molecular weight is 242 g/mol. The summed E-state index contributed by atoms with van der Waals surface area (Å²) in [5.41, 5.74) is 2.10. The predicted octanol–water partition coefficient (Wildman–Crippen LogP) is 3.32. The quantitative estimate of drug-likeness (QED) is 0.757. The molecule has 2 aromatic rings. The number of aromatic nitrogens is 2. The first kappa shape index (κ1) is 12.6. The number of ketones is 1. The molecular weight excluding hydrogens is 224 g/mol. The summed E-state index contributed by atoms with van der Waals surface area (Å²) in [6, 6.07) is 9.57. The summed E-state index contributed by atoms with van der Waals surface area (Å²) in [5, 5.41) is 4.37. The fourth-order valence-electron chi connectivity index (χ4n) is 1.87. The molecule has 94 valence electrons. The Kier molecular flexibility index (Phi) is 3.07. The zero-order chi connectivity index (χ0) is 13.3. The third-order valence-electron chi connectivity index (χ3n) is 2.84. The van der Waals surface area contributed by atoms with Crippen LogP contribution >= 0.6 is 0 Å². The van der Waals surface area contributed by atoms with Crippen molar-refractivity contribution in [3.8, 4) is 11.3 Å². The molecule has 0 bridgehead atoms. The maximum Gasteiger partial charge on any atom is 0.168 e. The lowest BCUT2D eigenvalue weighted by Gasteiger charge is -2.18. The second kappa shape index (κ2) is 4.41. The highest BCUT2D eigenvalue weighted by atomic mass is 16.1. The molecule has 0 saturated carbocycles. The van der Waals surface area contributed by atoms with Crippen molar-refractivity contribution < 1.29 is 4.79 Å². The van der Waals surface area contributed by atoms with E-state index in [1.807, 2.05) is 64.3 Å². The lowest BCUT2D eigenvalue weighted by Crippen LogP contribution is -2.20. The maximum absolute atomic E-state index is 12.4. The van der Waals surface area contributed by atoms with E-state index in [4.69, 9.17) is 0 Å². The summed E-state index contributed by atoms with van der Waals surface area (Å²) in [5.74, 6) is 0.142. The molecule has 0 amide bonds. The van der Waals surface area contributed by atoms with Crippen LogP contribution in [0.1, 0.15) is 31.1 Å². The van der Waals surface area contributed by atoms with Gasteiger partial charge in [0.1, 0.15) is 0 Å². The van der Waals surface area contributed by atoms with Gasteiger partial charge >= 0.3 is 0 Å². The van der Waals surface area contributed by atoms with Crippen molar-refractivity contribution in [2.24, 2.45) is 12.5 Å². The third kappa shape index (κ3) is 2.35. The van der Waals surface area contributed by atoms with Gasteiger partial charge < -0.3 is 0 Å². The number of benzene rings is 1. The van der Waals surface area contributed by atoms with E-state index in [9.17, 15) is 4.79 Å². The van der Waals surface area contributed by atoms with Gasteiger partial charge in [-0.1, -0.05) is 45.0 Å². The molecule has 0 saturated heterocycles. The van der Waals surface area contributed by atoms with Gasteiger partial charge in [-0.3, -0.25) is 9.48 Å². The van der Waals surface area contributed by atoms with Gasteiger partial charge in [-0.2, -0.15) is 5.10 Å². The summed E-state index contributed by atoms with van der Waals surface area (Å²) in [6.45, 7) is 5.81. The van der Waals surface area contributed by atoms with E-state index in [0.29, 0.717) is 0 Å². The number of hydrogen-bond donors (Lipinski definition) is 0. The van der Waals surface area contributed by atoms with Crippen LogP contribution in [-0.4, -0.2) is 15.6 Å². The SMILES string of the molecule is Cn1ccc(-c2ccccc2C(=O)C(C)(C)C)n1. The van der Waals surface area contributed by atoms with Gasteiger partial charge in [0, 0.05) is 29.8 Å². The van der Waals surface area contributed by atoms with Crippen LogP contribution in [0, 0.1) is 5.41 Å². The number of rotatable bonds is 2. The minimum absolute atomic E-state index is 0.142. The summed E-state index contributed by atoms with van der Waals surface area (Å²) in [6.07, 6.45) is 1.88. The highest BCUT2D eigenvalue weighted by Crippen LogP contribution is 2.28. The van der Waals surface area contributed by atoms with Gasteiger partial charge in [-0.15, -0.1) is 0 Å². The van der Waals surface area contributed by atoms with Crippen LogP contribution in [-0.2, 0) is 7.05 Å². The highest BCUT2D eigenvalue weighted by molar-refractivity contribution is 6.04. The van der Waals surface area contributed by atoms with Gasteiger partial charge in [0.15, 0.2) is 5.78 Å². The molecule has 0 N–H and O–H groups in total. The molecule has 18 heavy (non-hydrogen) atoms. The fourth-order valence-corrected chi connectivity index (χ4v) is 1.87. The van der Waals surface area contributed by atoms with Crippen molar-refractivity contribution in [1.82, 2.24) is 9.78 Å². The van der Waals surface area contributed by atoms with E-state index in [1.54, 1.807) is 4.68 Å². The Morgan fingerprint density at radius 2 is 1.83 bits per heavy atom. The number of carbonyl (C=O) groups is 1. The molecule has 0 spiro atoms. The topological polar surface area (TPSA) is 34.9 Å². The van der Waals surface area contributed by atoms with Gasteiger partial charge in [-0.25, -0.2) is 0 Å².